The fourth-order valence-corrected chi connectivity index (χ4v) is 7.03. The predicted octanol–water partition coefficient (Wildman–Crippen LogP) is 4.16. The van der Waals surface area contributed by atoms with Crippen LogP contribution in [0.5, 0.6) is 5.75 Å². The largest absolute Gasteiger partial charge is 0.611 e. The molecule has 9 heteroatoms. The Balaban J connectivity index is 1.48. The summed E-state index contributed by atoms with van der Waals surface area (Å²) in [4.78, 5) is 16.7. The second-order valence-electron chi connectivity index (χ2n) is 9.16. The monoisotopic (exact) mass is 466 g/mol. The Morgan fingerprint density at radius 2 is 1.97 bits per heavy atom. The van der Waals surface area contributed by atoms with Gasteiger partial charge in [0, 0.05) is 38.5 Å². The third-order valence-electron chi connectivity index (χ3n) is 6.60. The summed E-state index contributed by atoms with van der Waals surface area (Å²) < 4.78 is 21.0. The first-order valence-electron chi connectivity index (χ1n) is 11.4. The summed E-state index contributed by atoms with van der Waals surface area (Å²) in [7, 11) is 5.54. The third kappa shape index (κ3) is 3.93. The van der Waals surface area contributed by atoms with Crippen molar-refractivity contribution in [3.05, 3.63) is 42.1 Å². The Morgan fingerprint density at radius 3 is 2.64 bits per heavy atom. The minimum absolute atomic E-state index is 0.174. The van der Waals surface area contributed by atoms with Gasteiger partial charge in [0.1, 0.15) is 16.2 Å². The highest BCUT2D eigenvalue weighted by atomic mass is 32.2. The molecule has 0 saturated heterocycles. The lowest BCUT2D eigenvalue weighted by Gasteiger charge is -2.33. The zero-order valence-corrected chi connectivity index (χ0v) is 20.4. The number of aryl methyl sites for hydroxylation is 1. The normalized spacial score (nSPS) is 18.9. The molecule has 5 rings (SSSR count). The van der Waals surface area contributed by atoms with Crippen LogP contribution in [0.15, 0.2) is 35.6 Å². The number of benzene rings is 1. The van der Waals surface area contributed by atoms with E-state index >= 15 is 0 Å². The van der Waals surface area contributed by atoms with Crippen molar-refractivity contribution in [1.82, 2.24) is 19.5 Å². The lowest BCUT2D eigenvalue weighted by molar-refractivity contribution is 0.377. The number of ether oxygens (including phenoxy) is 1. The van der Waals surface area contributed by atoms with Crippen molar-refractivity contribution in [3.63, 3.8) is 0 Å². The van der Waals surface area contributed by atoms with Crippen LogP contribution in [0, 0.1) is 6.92 Å². The molecule has 1 N–H and O–H groups in total. The van der Waals surface area contributed by atoms with Crippen LogP contribution in [-0.4, -0.2) is 50.0 Å². The fourth-order valence-electron chi connectivity index (χ4n) is 4.95. The molecule has 1 spiro atoms. The zero-order chi connectivity index (χ0) is 23.2. The van der Waals surface area contributed by atoms with Gasteiger partial charge in [0.05, 0.1) is 24.8 Å². The molecule has 1 aliphatic heterocycles. The molecule has 1 aromatic carbocycles. The van der Waals surface area contributed by atoms with E-state index in [1.54, 1.807) is 13.4 Å². The molecule has 2 aromatic heterocycles. The van der Waals surface area contributed by atoms with Crippen LogP contribution in [0.3, 0.4) is 0 Å². The molecule has 1 unspecified atom stereocenters. The highest BCUT2D eigenvalue weighted by Gasteiger charge is 2.53. The number of fused-ring (bicyclic) bond motifs is 1. The third-order valence-corrected chi connectivity index (χ3v) is 8.73. The molecule has 1 saturated carbocycles. The van der Waals surface area contributed by atoms with E-state index in [-0.39, 0.29) is 4.75 Å². The van der Waals surface area contributed by atoms with Gasteiger partial charge in [-0.25, -0.2) is 9.97 Å². The summed E-state index contributed by atoms with van der Waals surface area (Å²) in [5, 5.41) is 3.34. The maximum atomic E-state index is 13.6. The standard InChI is InChI=1S/C24H30N6O2S/c1-16-14-30(15-25-16)19-9-8-17(12-20(19)32-4)26-23-27-18-13-24(10-6-5-7-11-24)33(31)21(18)22(28-23)29(2)3/h8-9,12,14-15H,5-7,10-11,13H2,1-4H3,(H,26,27,28). The molecule has 1 fully saturated rings. The van der Waals surface area contributed by atoms with Gasteiger partial charge in [-0.3, -0.25) is 0 Å². The molecular formula is C24H30N6O2S. The van der Waals surface area contributed by atoms with Gasteiger partial charge < -0.3 is 24.1 Å². The van der Waals surface area contributed by atoms with Crippen LogP contribution in [0.1, 0.15) is 43.5 Å². The average molecular weight is 467 g/mol. The van der Waals surface area contributed by atoms with Gasteiger partial charge in [-0.1, -0.05) is 6.42 Å². The number of aromatic nitrogens is 4. The topological polar surface area (TPSA) is 91.2 Å². The van der Waals surface area contributed by atoms with Crippen molar-refractivity contribution >= 4 is 28.6 Å². The predicted molar refractivity (Wildman–Crippen MR) is 130 cm³/mol. The van der Waals surface area contributed by atoms with E-state index in [0.717, 1.165) is 65.6 Å². The molecular weight excluding hydrogens is 436 g/mol. The van der Waals surface area contributed by atoms with Gasteiger partial charge >= 0.3 is 0 Å². The van der Waals surface area contributed by atoms with E-state index in [1.807, 2.05) is 54.9 Å². The molecule has 8 nitrogen and oxygen atoms in total. The summed E-state index contributed by atoms with van der Waals surface area (Å²) >= 11 is -1.08. The molecule has 2 aliphatic rings. The fraction of sp³-hybridized carbons (Fsp3) is 0.458. The first kappa shape index (κ1) is 22.0. The molecule has 33 heavy (non-hydrogen) atoms. The number of methoxy groups -OCH3 is 1. The van der Waals surface area contributed by atoms with E-state index < -0.39 is 11.2 Å². The van der Waals surface area contributed by atoms with Gasteiger partial charge in [-0.2, -0.15) is 4.98 Å². The van der Waals surface area contributed by atoms with Crippen molar-refractivity contribution < 1.29 is 9.29 Å². The molecule has 3 heterocycles. The summed E-state index contributed by atoms with van der Waals surface area (Å²) in [6.07, 6.45) is 9.99. The summed E-state index contributed by atoms with van der Waals surface area (Å²) in [5.41, 5.74) is 3.58. The van der Waals surface area contributed by atoms with Gasteiger partial charge in [0.15, 0.2) is 5.82 Å². The maximum absolute atomic E-state index is 13.6. The van der Waals surface area contributed by atoms with E-state index in [0.29, 0.717) is 11.7 Å². The lowest BCUT2D eigenvalue weighted by Crippen LogP contribution is -2.38. The van der Waals surface area contributed by atoms with Crippen LogP contribution in [0.4, 0.5) is 17.5 Å². The maximum Gasteiger partial charge on any atom is 0.229 e. The van der Waals surface area contributed by atoms with Crippen molar-refractivity contribution in [1.29, 1.82) is 0 Å². The molecule has 0 amide bonds. The van der Waals surface area contributed by atoms with Gasteiger partial charge in [-0.15, -0.1) is 0 Å². The van der Waals surface area contributed by atoms with Crippen LogP contribution in [-0.2, 0) is 17.6 Å². The number of nitrogens with one attached hydrogen (secondary N) is 1. The molecule has 174 valence electrons. The Kier molecular flexibility index (Phi) is 5.70. The second-order valence-corrected chi connectivity index (χ2v) is 11.0. The average Bonchev–Trinajstić information content (AvgIpc) is 3.35. The first-order valence-corrected chi connectivity index (χ1v) is 12.5. The Hall–Kier alpha value is -2.78. The van der Waals surface area contributed by atoms with E-state index in [2.05, 4.69) is 10.3 Å². The molecule has 3 aromatic rings. The molecule has 1 atom stereocenters. The number of nitrogens with zero attached hydrogens (tertiary/aromatic N) is 5. The quantitative estimate of drug-likeness (QED) is 0.565. The summed E-state index contributed by atoms with van der Waals surface area (Å²) in [6.45, 7) is 1.96. The zero-order valence-electron chi connectivity index (χ0n) is 19.6. The minimum atomic E-state index is -1.08. The lowest BCUT2D eigenvalue weighted by atomic mass is 9.85. The number of anilines is 3. The summed E-state index contributed by atoms with van der Waals surface area (Å²) in [5.74, 6) is 1.96. The van der Waals surface area contributed by atoms with Crippen LogP contribution in [0.2, 0.25) is 0 Å². The van der Waals surface area contributed by atoms with E-state index in [9.17, 15) is 4.55 Å². The first-order chi connectivity index (χ1) is 15.9. The number of imidazole rings is 1. The minimum Gasteiger partial charge on any atom is -0.611 e. The van der Waals surface area contributed by atoms with Crippen LogP contribution < -0.4 is 15.0 Å². The highest BCUT2D eigenvalue weighted by Crippen LogP contribution is 2.49. The van der Waals surface area contributed by atoms with Gasteiger partial charge in [-0.05, 0) is 55.9 Å². The van der Waals surface area contributed by atoms with Crippen LogP contribution >= 0.6 is 0 Å². The Bertz CT molecular complexity index is 1170. The number of hydrogen-bond donors (Lipinski definition) is 1. The van der Waals surface area contributed by atoms with Crippen molar-refractivity contribution in [2.45, 2.75) is 55.1 Å². The van der Waals surface area contributed by atoms with Crippen molar-refractivity contribution in [3.8, 4) is 11.4 Å². The SMILES string of the molecule is COc1cc(Nc2nc3c(c(N(C)C)n2)[S+]([O-])C2(CCCCC2)C3)ccc1-n1cnc(C)c1. The highest BCUT2D eigenvalue weighted by molar-refractivity contribution is 7.93. The smallest absolute Gasteiger partial charge is 0.229 e. The second kappa shape index (κ2) is 8.53. The van der Waals surface area contributed by atoms with Gasteiger partial charge in [0.25, 0.3) is 0 Å². The molecule has 0 bridgehead atoms. The number of hydrogen-bond acceptors (Lipinski definition) is 7. The van der Waals surface area contributed by atoms with Crippen molar-refractivity contribution in [2.24, 2.45) is 0 Å². The Morgan fingerprint density at radius 1 is 1.18 bits per heavy atom. The summed E-state index contributed by atoms with van der Waals surface area (Å²) in [6, 6.07) is 5.88. The van der Waals surface area contributed by atoms with Crippen LogP contribution in [0.25, 0.3) is 5.69 Å². The van der Waals surface area contributed by atoms with Crippen molar-refractivity contribution in [2.75, 3.05) is 31.4 Å². The van der Waals surface area contributed by atoms with E-state index in [4.69, 9.17) is 14.7 Å². The van der Waals surface area contributed by atoms with E-state index in [1.165, 1.54) is 6.42 Å². The molecule has 1 aliphatic carbocycles. The number of rotatable bonds is 5. The van der Waals surface area contributed by atoms with Gasteiger partial charge in [0.2, 0.25) is 10.8 Å². The Labute approximate surface area is 197 Å². The molecule has 0 radical (unpaired) electrons.